The number of imidazole rings is 1. The van der Waals surface area contributed by atoms with Gasteiger partial charge in [-0.15, -0.1) is 0 Å². The van der Waals surface area contributed by atoms with Crippen molar-refractivity contribution < 1.29 is 18.3 Å². The molecule has 0 bridgehead atoms. The zero-order valence-corrected chi connectivity index (χ0v) is 12.1. The molecule has 0 saturated carbocycles. The smallest absolute Gasteiger partial charge is 0.337 e. The number of aryl methyl sites for hydroxylation is 2. The molecule has 0 aliphatic carbocycles. The summed E-state index contributed by atoms with van der Waals surface area (Å²) in [5, 5.41) is 9.23. The molecule has 1 N–H and O–H groups in total. The van der Waals surface area contributed by atoms with Gasteiger partial charge in [-0.25, -0.2) is 18.2 Å². The molecule has 108 valence electrons. The van der Waals surface area contributed by atoms with Gasteiger partial charge in [-0.2, -0.15) is 0 Å². The van der Waals surface area contributed by atoms with Crippen molar-refractivity contribution >= 4 is 26.8 Å². The van der Waals surface area contributed by atoms with Crippen LogP contribution in [0.15, 0.2) is 18.2 Å². The number of sulfone groups is 1. The maximum absolute atomic E-state index is 11.3. The van der Waals surface area contributed by atoms with Gasteiger partial charge >= 0.3 is 5.97 Å². The van der Waals surface area contributed by atoms with Crippen LogP contribution in [0.5, 0.6) is 0 Å². The summed E-state index contributed by atoms with van der Waals surface area (Å²) < 4.78 is 24.1. The van der Waals surface area contributed by atoms with Crippen LogP contribution in [0.4, 0.5) is 0 Å². The van der Waals surface area contributed by atoms with Gasteiger partial charge in [0.2, 0.25) is 0 Å². The van der Waals surface area contributed by atoms with Crippen molar-refractivity contribution in [3.63, 3.8) is 0 Å². The highest BCUT2D eigenvalue weighted by atomic mass is 32.2. The minimum absolute atomic E-state index is 0.0708. The Morgan fingerprint density at radius 2 is 2.10 bits per heavy atom. The Labute approximate surface area is 117 Å². The van der Waals surface area contributed by atoms with E-state index in [9.17, 15) is 18.3 Å². The van der Waals surface area contributed by atoms with E-state index in [1.54, 1.807) is 23.6 Å². The lowest BCUT2D eigenvalue weighted by atomic mass is 10.2. The second-order valence-electron chi connectivity index (χ2n) is 4.77. The summed E-state index contributed by atoms with van der Waals surface area (Å²) in [6, 6.07) is 4.93. The number of para-hydroxylation sites is 1. The predicted molar refractivity (Wildman–Crippen MR) is 75.8 cm³/mol. The van der Waals surface area contributed by atoms with Crippen LogP contribution in [-0.2, 0) is 16.4 Å². The molecular weight excluding hydrogens is 280 g/mol. The molecule has 2 aromatic rings. The van der Waals surface area contributed by atoms with E-state index in [1.807, 2.05) is 0 Å². The Balaban J connectivity index is 2.42. The molecule has 1 aromatic heterocycles. The van der Waals surface area contributed by atoms with Gasteiger partial charge in [0, 0.05) is 12.8 Å². The van der Waals surface area contributed by atoms with E-state index in [0.29, 0.717) is 29.8 Å². The molecule has 0 spiro atoms. The van der Waals surface area contributed by atoms with E-state index in [0.717, 1.165) is 0 Å². The number of aromatic carboxylic acids is 1. The van der Waals surface area contributed by atoms with Gasteiger partial charge in [0.15, 0.2) is 0 Å². The molecule has 0 unspecified atom stereocenters. The van der Waals surface area contributed by atoms with Gasteiger partial charge in [-0.3, -0.25) is 0 Å². The lowest BCUT2D eigenvalue weighted by Gasteiger charge is -2.08. The molecule has 0 saturated heterocycles. The van der Waals surface area contributed by atoms with Crippen molar-refractivity contribution in [1.29, 1.82) is 0 Å². The molecule has 20 heavy (non-hydrogen) atoms. The molecule has 0 amide bonds. The van der Waals surface area contributed by atoms with Crippen LogP contribution in [0.25, 0.3) is 11.0 Å². The maximum Gasteiger partial charge on any atom is 0.337 e. The van der Waals surface area contributed by atoms with Crippen LogP contribution >= 0.6 is 0 Å². The third-order valence-corrected chi connectivity index (χ3v) is 4.12. The average Bonchev–Trinajstić information content (AvgIpc) is 2.64. The minimum Gasteiger partial charge on any atom is -0.478 e. The molecule has 0 radical (unpaired) electrons. The third kappa shape index (κ3) is 2.98. The van der Waals surface area contributed by atoms with E-state index in [1.165, 1.54) is 12.3 Å². The number of fused-ring (bicyclic) bond motifs is 1. The van der Waals surface area contributed by atoms with Gasteiger partial charge < -0.3 is 9.67 Å². The zero-order valence-electron chi connectivity index (χ0n) is 11.3. The molecule has 0 fully saturated rings. The van der Waals surface area contributed by atoms with Crippen LogP contribution < -0.4 is 0 Å². The second-order valence-corrected chi connectivity index (χ2v) is 7.03. The fourth-order valence-corrected chi connectivity index (χ4v) is 2.89. The van der Waals surface area contributed by atoms with E-state index in [2.05, 4.69) is 4.98 Å². The Bertz CT molecular complexity index is 762. The van der Waals surface area contributed by atoms with E-state index in [-0.39, 0.29) is 11.3 Å². The van der Waals surface area contributed by atoms with Crippen molar-refractivity contribution in [2.45, 2.75) is 19.9 Å². The molecule has 0 atom stereocenters. The first kappa shape index (κ1) is 14.5. The zero-order chi connectivity index (χ0) is 14.9. The van der Waals surface area contributed by atoms with Crippen LogP contribution in [0.2, 0.25) is 0 Å². The van der Waals surface area contributed by atoms with Crippen molar-refractivity contribution in [2.75, 3.05) is 12.0 Å². The van der Waals surface area contributed by atoms with Crippen LogP contribution in [-0.4, -0.2) is 41.1 Å². The van der Waals surface area contributed by atoms with E-state index in [4.69, 9.17) is 0 Å². The molecule has 0 aliphatic rings. The quantitative estimate of drug-likeness (QED) is 0.902. The van der Waals surface area contributed by atoms with Gasteiger partial charge in [-0.05, 0) is 25.5 Å². The summed E-state index contributed by atoms with van der Waals surface area (Å²) >= 11 is 0. The fourth-order valence-electron chi connectivity index (χ4n) is 2.23. The van der Waals surface area contributed by atoms with Gasteiger partial charge in [0.1, 0.15) is 15.7 Å². The SMILES string of the molecule is Cc1nc2cccc(C(=O)O)c2n1CCCS(C)(=O)=O. The summed E-state index contributed by atoms with van der Waals surface area (Å²) in [6.45, 7) is 2.21. The first-order valence-electron chi connectivity index (χ1n) is 6.16. The first-order chi connectivity index (χ1) is 9.29. The lowest BCUT2D eigenvalue weighted by molar-refractivity contribution is 0.0698. The third-order valence-electron chi connectivity index (χ3n) is 3.08. The Morgan fingerprint density at radius 1 is 1.40 bits per heavy atom. The lowest BCUT2D eigenvalue weighted by Crippen LogP contribution is -2.10. The van der Waals surface area contributed by atoms with E-state index >= 15 is 0 Å². The number of carboxylic acids is 1. The minimum atomic E-state index is -3.02. The number of rotatable bonds is 5. The molecule has 2 rings (SSSR count). The second kappa shape index (κ2) is 5.24. The Kier molecular flexibility index (Phi) is 3.80. The van der Waals surface area contributed by atoms with Crippen LogP contribution in [0.1, 0.15) is 22.6 Å². The highest BCUT2D eigenvalue weighted by molar-refractivity contribution is 7.90. The Hall–Kier alpha value is -1.89. The molecule has 7 heteroatoms. The van der Waals surface area contributed by atoms with Crippen LogP contribution in [0.3, 0.4) is 0 Å². The normalized spacial score (nSPS) is 11.9. The van der Waals surface area contributed by atoms with Gasteiger partial charge in [0.05, 0.1) is 22.3 Å². The summed E-state index contributed by atoms with van der Waals surface area (Å²) in [4.78, 5) is 15.6. The fraction of sp³-hybridized carbons (Fsp3) is 0.385. The molecule has 1 heterocycles. The maximum atomic E-state index is 11.3. The predicted octanol–water partition coefficient (Wildman–Crippen LogP) is 1.48. The topological polar surface area (TPSA) is 89.3 Å². The number of carbonyl (C=O) groups is 1. The number of hydrogen-bond donors (Lipinski definition) is 1. The number of hydrogen-bond acceptors (Lipinski definition) is 4. The highest BCUT2D eigenvalue weighted by Gasteiger charge is 2.15. The number of benzene rings is 1. The number of nitrogens with zero attached hydrogens (tertiary/aromatic N) is 2. The molecule has 0 aliphatic heterocycles. The summed E-state index contributed by atoms with van der Waals surface area (Å²) in [6.07, 6.45) is 1.62. The molecule has 6 nitrogen and oxygen atoms in total. The molecule has 1 aromatic carbocycles. The Morgan fingerprint density at radius 3 is 2.70 bits per heavy atom. The van der Waals surface area contributed by atoms with Gasteiger partial charge in [0.25, 0.3) is 0 Å². The van der Waals surface area contributed by atoms with Crippen molar-refractivity contribution in [3.8, 4) is 0 Å². The standard InChI is InChI=1S/C13H16N2O4S/c1-9-14-11-6-3-5-10(13(16)17)12(11)15(9)7-4-8-20(2,18)19/h3,5-6H,4,7-8H2,1-2H3,(H,16,17). The number of carboxylic acid groups (broad SMARTS) is 1. The van der Waals surface area contributed by atoms with Gasteiger partial charge in [-0.1, -0.05) is 6.07 Å². The highest BCUT2D eigenvalue weighted by Crippen LogP contribution is 2.21. The largest absolute Gasteiger partial charge is 0.478 e. The van der Waals surface area contributed by atoms with E-state index < -0.39 is 15.8 Å². The summed E-state index contributed by atoms with van der Waals surface area (Å²) in [5.74, 6) is -0.261. The van der Waals surface area contributed by atoms with Crippen LogP contribution in [0, 0.1) is 6.92 Å². The monoisotopic (exact) mass is 296 g/mol. The summed E-state index contributed by atoms with van der Waals surface area (Å²) in [7, 11) is -3.02. The average molecular weight is 296 g/mol. The molecular formula is C13H16N2O4S. The van der Waals surface area contributed by atoms with Crippen molar-refractivity contribution in [1.82, 2.24) is 9.55 Å². The number of aromatic nitrogens is 2. The van der Waals surface area contributed by atoms with Crippen molar-refractivity contribution in [3.05, 3.63) is 29.6 Å². The summed E-state index contributed by atoms with van der Waals surface area (Å²) in [5.41, 5.74) is 1.34. The van der Waals surface area contributed by atoms with Crippen molar-refractivity contribution in [2.24, 2.45) is 0 Å². The first-order valence-corrected chi connectivity index (χ1v) is 8.22.